The molecule has 0 aromatic heterocycles. The number of rotatable bonds is 9. The molecule has 1 amide bonds. The minimum Gasteiger partial charge on any atom is -0.383 e. The molecule has 0 radical (unpaired) electrons. The van der Waals surface area contributed by atoms with Crippen molar-refractivity contribution in [3.8, 4) is 0 Å². The van der Waals surface area contributed by atoms with E-state index in [9.17, 15) is 13.2 Å². The Hall–Kier alpha value is -1.64. The zero-order valence-electron chi connectivity index (χ0n) is 14.6. The van der Waals surface area contributed by atoms with Crippen LogP contribution in [0.1, 0.15) is 5.56 Å². The lowest BCUT2D eigenvalue weighted by atomic mass is 10.1. The van der Waals surface area contributed by atoms with Crippen molar-refractivity contribution in [3.63, 3.8) is 0 Å². The van der Waals surface area contributed by atoms with Gasteiger partial charge in [0.25, 0.3) is 0 Å². The Labute approximate surface area is 168 Å². The number of carbonyl (C=O) groups is 1. The van der Waals surface area contributed by atoms with E-state index in [1.165, 1.54) is 25.3 Å². The van der Waals surface area contributed by atoms with Crippen molar-refractivity contribution >= 4 is 39.1 Å². The number of hydrogen-bond acceptors (Lipinski definition) is 4. The Kier molecular flexibility index (Phi) is 8.07. The van der Waals surface area contributed by atoms with Crippen LogP contribution < -0.4 is 10.0 Å². The van der Waals surface area contributed by atoms with E-state index in [1.807, 2.05) is 30.3 Å². The minimum atomic E-state index is -4.07. The van der Waals surface area contributed by atoms with Crippen molar-refractivity contribution in [2.75, 3.05) is 20.3 Å². The highest BCUT2D eigenvalue weighted by atomic mass is 35.5. The van der Waals surface area contributed by atoms with Crippen LogP contribution in [0.2, 0.25) is 10.0 Å². The van der Waals surface area contributed by atoms with Gasteiger partial charge in [0, 0.05) is 18.7 Å². The van der Waals surface area contributed by atoms with Gasteiger partial charge in [-0.2, -0.15) is 4.72 Å². The summed E-state index contributed by atoms with van der Waals surface area (Å²) in [6.45, 7) is 0.580. The van der Waals surface area contributed by atoms with Crippen LogP contribution in [0.15, 0.2) is 53.4 Å². The highest BCUT2D eigenvalue weighted by Gasteiger charge is 2.27. The van der Waals surface area contributed by atoms with E-state index in [-0.39, 0.29) is 27.9 Å². The molecule has 0 bridgehead atoms. The zero-order valence-corrected chi connectivity index (χ0v) is 16.9. The van der Waals surface area contributed by atoms with Crippen molar-refractivity contribution in [3.05, 3.63) is 64.1 Å². The fourth-order valence-corrected chi connectivity index (χ4v) is 4.33. The fraction of sp³-hybridized carbons (Fsp3) is 0.278. The summed E-state index contributed by atoms with van der Waals surface area (Å²) in [7, 11) is -2.56. The van der Waals surface area contributed by atoms with E-state index in [2.05, 4.69) is 10.0 Å². The Bertz CT molecular complexity index is 876. The number of benzene rings is 2. The molecule has 2 aromatic carbocycles. The van der Waals surface area contributed by atoms with Crippen LogP contribution in [-0.4, -0.2) is 40.6 Å². The SMILES string of the molecule is COCCNC(=O)[C@H](Cc1ccccc1)NS(=O)(=O)c1cc(Cl)ccc1Cl. The van der Waals surface area contributed by atoms with Crippen molar-refractivity contribution < 1.29 is 17.9 Å². The minimum absolute atomic E-state index is 0.0187. The zero-order chi connectivity index (χ0) is 19.9. The first kappa shape index (κ1) is 21.7. The number of ether oxygens (including phenoxy) is 1. The molecule has 0 fully saturated rings. The van der Waals surface area contributed by atoms with Crippen LogP contribution in [0, 0.1) is 0 Å². The molecular formula is C18H20Cl2N2O4S. The lowest BCUT2D eigenvalue weighted by Gasteiger charge is -2.19. The average molecular weight is 431 g/mol. The van der Waals surface area contributed by atoms with Gasteiger partial charge in [-0.05, 0) is 30.2 Å². The van der Waals surface area contributed by atoms with Crippen molar-refractivity contribution in [1.82, 2.24) is 10.0 Å². The van der Waals surface area contributed by atoms with Crippen molar-refractivity contribution in [1.29, 1.82) is 0 Å². The first-order chi connectivity index (χ1) is 12.8. The monoisotopic (exact) mass is 430 g/mol. The van der Waals surface area contributed by atoms with Gasteiger partial charge in [0.2, 0.25) is 15.9 Å². The number of halogens is 2. The van der Waals surface area contributed by atoms with Crippen LogP contribution in [0.25, 0.3) is 0 Å². The Morgan fingerprint density at radius 3 is 2.52 bits per heavy atom. The third kappa shape index (κ3) is 6.48. The predicted octanol–water partition coefficient (Wildman–Crippen LogP) is 2.65. The summed E-state index contributed by atoms with van der Waals surface area (Å²) in [4.78, 5) is 12.3. The summed E-state index contributed by atoms with van der Waals surface area (Å²) in [5, 5.41) is 2.90. The van der Waals surface area contributed by atoms with E-state index in [0.717, 1.165) is 5.56 Å². The van der Waals surface area contributed by atoms with Crippen molar-refractivity contribution in [2.45, 2.75) is 17.4 Å². The third-order valence-corrected chi connectivity index (χ3v) is 5.87. The molecule has 6 nitrogen and oxygen atoms in total. The summed E-state index contributed by atoms with van der Waals surface area (Å²) < 4.78 is 32.9. The Morgan fingerprint density at radius 2 is 1.85 bits per heavy atom. The van der Waals surface area contributed by atoms with Crippen LogP contribution in [-0.2, 0) is 26.0 Å². The van der Waals surface area contributed by atoms with Crippen LogP contribution >= 0.6 is 23.2 Å². The van der Waals surface area contributed by atoms with Gasteiger partial charge in [-0.25, -0.2) is 8.42 Å². The largest absolute Gasteiger partial charge is 0.383 e. The normalized spacial score (nSPS) is 12.6. The highest BCUT2D eigenvalue weighted by Crippen LogP contribution is 2.25. The van der Waals surface area contributed by atoms with E-state index in [4.69, 9.17) is 27.9 Å². The van der Waals surface area contributed by atoms with Gasteiger partial charge in [0.15, 0.2) is 0 Å². The second kappa shape index (κ2) is 10.1. The molecule has 2 aromatic rings. The van der Waals surface area contributed by atoms with Gasteiger partial charge >= 0.3 is 0 Å². The summed E-state index contributed by atoms with van der Waals surface area (Å²) in [6.07, 6.45) is 0.178. The van der Waals surface area contributed by atoms with Crippen molar-refractivity contribution in [2.24, 2.45) is 0 Å². The maximum absolute atomic E-state index is 12.8. The van der Waals surface area contributed by atoms with E-state index in [0.29, 0.717) is 6.61 Å². The van der Waals surface area contributed by atoms with Gasteiger partial charge in [0.1, 0.15) is 10.9 Å². The molecule has 1 atom stereocenters. The molecule has 2 rings (SSSR count). The Balaban J connectivity index is 2.26. The lowest BCUT2D eigenvalue weighted by molar-refractivity contribution is -0.122. The van der Waals surface area contributed by atoms with Crippen LogP contribution in [0.5, 0.6) is 0 Å². The molecule has 0 saturated carbocycles. The molecular weight excluding hydrogens is 411 g/mol. The average Bonchev–Trinajstić information content (AvgIpc) is 2.64. The van der Waals surface area contributed by atoms with Gasteiger partial charge in [-0.1, -0.05) is 53.5 Å². The number of carbonyl (C=O) groups excluding carboxylic acids is 1. The van der Waals surface area contributed by atoms with Crippen LogP contribution in [0.4, 0.5) is 0 Å². The van der Waals surface area contributed by atoms with E-state index >= 15 is 0 Å². The summed E-state index contributed by atoms with van der Waals surface area (Å²) in [6, 6.07) is 12.2. The molecule has 0 spiro atoms. The molecule has 2 N–H and O–H groups in total. The first-order valence-electron chi connectivity index (χ1n) is 8.11. The molecule has 0 aliphatic heterocycles. The topological polar surface area (TPSA) is 84.5 Å². The summed E-state index contributed by atoms with van der Waals surface area (Å²) >= 11 is 11.9. The quantitative estimate of drug-likeness (QED) is 0.598. The maximum atomic E-state index is 12.8. The molecule has 146 valence electrons. The molecule has 0 heterocycles. The second-order valence-electron chi connectivity index (χ2n) is 5.72. The molecule has 0 aliphatic rings. The smallest absolute Gasteiger partial charge is 0.242 e. The van der Waals surface area contributed by atoms with Crippen LogP contribution in [0.3, 0.4) is 0 Å². The van der Waals surface area contributed by atoms with Gasteiger partial charge < -0.3 is 10.1 Å². The predicted molar refractivity (Wildman–Crippen MR) is 106 cm³/mol. The fourth-order valence-electron chi connectivity index (χ4n) is 2.37. The lowest BCUT2D eigenvalue weighted by Crippen LogP contribution is -2.48. The van der Waals surface area contributed by atoms with Gasteiger partial charge in [-0.3, -0.25) is 4.79 Å². The number of methoxy groups -OCH3 is 1. The molecule has 27 heavy (non-hydrogen) atoms. The highest BCUT2D eigenvalue weighted by molar-refractivity contribution is 7.89. The molecule has 0 saturated heterocycles. The third-order valence-electron chi connectivity index (χ3n) is 3.68. The summed E-state index contributed by atoms with van der Waals surface area (Å²) in [5.41, 5.74) is 0.810. The van der Waals surface area contributed by atoms with E-state index < -0.39 is 22.0 Å². The maximum Gasteiger partial charge on any atom is 0.242 e. The Morgan fingerprint density at radius 1 is 1.15 bits per heavy atom. The number of nitrogens with one attached hydrogen (secondary N) is 2. The summed E-state index contributed by atoms with van der Waals surface area (Å²) in [5.74, 6) is -0.461. The number of sulfonamides is 1. The standard InChI is InChI=1S/C18H20Cl2N2O4S/c1-26-10-9-21-18(23)16(11-13-5-3-2-4-6-13)22-27(24,25)17-12-14(19)7-8-15(17)20/h2-8,12,16,22H,9-11H2,1H3,(H,21,23)/t16-/m0/s1. The number of hydrogen-bond donors (Lipinski definition) is 2. The molecule has 9 heteroatoms. The van der Waals surface area contributed by atoms with E-state index in [1.54, 1.807) is 0 Å². The molecule has 0 aliphatic carbocycles. The first-order valence-corrected chi connectivity index (χ1v) is 10.4. The van der Waals surface area contributed by atoms with Gasteiger partial charge in [-0.15, -0.1) is 0 Å². The number of amides is 1. The second-order valence-corrected chi connectivity index (χ2v) is 8.25. The molecule has 0 unspecified atom stereocenters. The van der Waals surface area contributed by atoms with Gasteiger partial charge in [0.05, 0.1) is 11.6 Å².